The van der Waals surface area contributed by atoms with Crippen LogP contribution in [0.15, 0.2) is 18.2 Å². The Balaban J connectivity index is 2.02. The lowest BCUT2D eigenvalue weighted by atomic mass is 10.1. The van der Waals surface area contributed by atoms with Gasteiger partial charge in [-0.05, 0) is 25.0 Å². The van der Waals surface area contributed by atoms with E-state index in [2.05, 4.69) is 0 Å². The van der Waals surface area contributed by atoms with Crippen molar-refractivity contribution in [2.24, 2.45) is 0 Å². The second kappa shape index (κ2) is 6.73. The van der Waals surface area contributed by atoms with Gasteiger partial charge in [-0.25, -0.2) is 4.79 Å². The molecule has 1 aliphatic rings. The van der Waals surface area contributed by atoms with Crippen LogP contribution in [0.2, 0.25) is 5.02 Å². The lowest BCUT2D eigenvalue weighted by molar-refractivity contribution is -0.384. The van der Waals surface area contributed by atoms with Crippen LogP contribution in [0.25, 0.3) is 0 Å². The number of carboxylic acids is 1. The molecule has 2 rings (SSSR count). The Morgan fingerprint density at radius 3 is 2.71 bits per heavy atom. The van der Waals surface area contributed by atoms with Gasteiger partial charge in [0.15, 0.2) is 0 Å². The van der Waals surface area contributed by atoms with Crippen molar-refractivity contribution < 1.29 is 19.6 Å². The fourth-order valence-electron chi connectivity index (χ4n) is 2.36. The highest BCUT2D eigenvalue weighted by Crippen LogP contribution is 2.32. The Hall–Kier alpha value is -1.86. The van der Waals surface area contributed by atoms with Crippen LogP contribution in [0.1, 0.15) is 12.8 Å². The number of carboxylic acid groups (broad SMARTS) is 1. The van der Waals surface area contributed by atoms with Gasteiger partial charge < -0.3 is 14.7 Å². The largest absolute Gasteiger partial charge is 0.480 e. The topological polar surface area (TPSA) is 92.9 Å². The molecule has 0 saturated carbocycles. The number of hydrogen-bond acceptors (Lipinski definition) is 5. The third kappa shape index (κ3) is 4.05. The van der Waals surface area contributed by atoms with E-state index in [0.29, 0.717) is 36.6 Å². The molecule has 0 amide bonds. The monoisotopic (exact) mass is 314 g/mol. The number of nitro groups is 1. The Morgan fingerprint density at radius 2 is 2.14 bits per heavy atom. The standard InChI is InChI=1S/C13H15ClN2O5/c14-9-1-2-11(12(7-9)16(19)20)15-5-3-10(4-6-15)21-8-13(17)18/h1-2,7,10H,3-6,8H2,(H,17,18). The van der Waals surface area contributed by atoms with Crippen LogP contribution >= 0.6 is 11.6 Å². The van der Waals surface area contributed by atoms with E-state index in [0.717, 1.165) is 0 Å². The number of halogens is 1. The SMILES string of the molecule is O=C(O)COC1CCN(c2ccc(Cl)cc2[N+](=O)[O-])CC1. The highest BCUT2D eigenvalue weighted by Gasteiger charge is 2.25. The molecule has 1 heterocycles. The van der Waals surface area contributed by atoms with Crippen LogP contribution in [0.3, 0.4) is 0 Å². The summed E-state index contributed by atoms with van der Waals surface area (Å²) in [5.41, 5.74) is 0.508. The molecule has 1 saturated heterocycles. The maximum absolute atomic E-state index is 11.1. The number of piperidine rings is 1. The molecule has 0 aliphatic carbocycles. The van der Waals surface area contributed by atoms with Crippen molar-refractivity contribution in [3.05, 3.63) is 33.3 Å². The summed E-state index contributed by atoms with van der Waals surface area (Å²) in [7, 11) is 0. The lowest BCUT2D eigenvalue weighted by Gasteiger charge is -2.32. The van der Waals surface area contributed by atoms with Crippen molar-refractivity contribution in [1.29, 1.82) is 0 Å². The first-order valence-corrected chi connectivity index (χ1v) is 6.87. The van der Waals surface area contributed by atoms with Gasteiger partial charge in [0.2, 0.25) is 0 Å². The van der Waals surface area contributed by atoms with Crippen molar-refractivity contribution in [3.63, 3.8) is 0 Å². The molecule has 0 atom stereocenters. The molecule has 21 heavy (non-hydrogen) atoms. The summed E-state index contributed by atoms with van der Waals surface area (Å²) in [6, 6.07) is 4.60. The molecule has 0 unspecified atom stereocenters. The van der Waals surface area contributed by atoms with Gasteiger partial charge in [0.25, 0.3) is 5.69 Å². The van der Waals surface area contributed by atoms with E-state index in [9.17, 15) is 14.9 Å². The third-order valence-electron chi connectivity index (χ3n) is 3.36. The number of nitro benzene ring substituents is 1. The van der Waals surface area contributed by atoms with E-state index < -0.39 is 10.9 Å². The number of benzene rings is 1. The fourth-order valence-corrected chi connectivity index (χ4v) is 2.53. The van der Waals surface area contributed by atoms with Gasteiger partial charge >= 0.3 is 5.97 Å². The molecule has 0 aromatic heterocycles. The Kier molecular flexibility index (Phi) is 4.98. The molecule has 7 nitrogen and oxygen atoms in total. The van der Waals surface area contributed by atoms with Crippen LogP contribution in [-0.4, -0.2) is 41.8 Å². The number of hydrogen-bond donors (Lipinski definition) is 1. The maximum atomic E-state index is 11.1. The first-order valence-electron chi connectivity index (χ1n) is 6.49. The van der Waals surface area contributed by atoms with E-state index in [1.54, 1.807) is 12.1 Å². The van der Waals surface area contributed by atoms with E-state index in [1.807, 2.05) is 4.90 Å². The molecule has 1 fully saturated rings. The van der Waals surface area contributed by atoms with Crippen LogP contribution in [0.4, 0.5) is 11.4 Å². The second-order valence-electron chi connectivity index (χ2n) is 4.78. The first-order chi connectivity index (χ1) is 9.97. The van der Waals surface area contributed by atoms with Crippen LogP contribution < -0.4 is 4.90 Å². The molecule has 0 radical (unpaired) electrons. The zero-order valence-corrected chi connectivity index (χ0v) is 12.0. The Labute approximate surface area is 126 Å². The average Bonchev–Trinajstić information content (AvgIpc) is 2.45. The fraction of sp³-hybridized carbons (Fsp3) is 0.462. The number of ether oxygens (including phenoxy) is 1. The summed E-state index contributed by atoms with van der Waals surface area (Å²) in [6.07, 6.45) is 1.14. The van der Waals surface area contributed by atoms with E-state index >= 15 is 0 Å². The maximum Gasteiger partial charge on any atom is 0.329 e. The van der Waals surface area contributed by atoms with Gasteiger partial charge in [-0.2, -0.15) is 0 Å². The summed E-state index contributed by atoms with van der Waals surface area (Å²) in [5.74, 6) is -0.995. The highest BCUT2D eigenvalue weighted by atomic mass is 35.5. The summed E-state index contributed by atoms with van der Waals surface area (Å²) in [6.45, 7) is 0.839. The summed E-state index contributed by atoms with van der Waals surface area (Å²) >= 11 is 5.80. The molecule has 1 aliphatic heterocycles. The highest BCUT2D eigenvalue weighted by molar-refractivity contribution is 6.30. The van der Waals surface area contributed by atoms with E-state index in [4.69, 9.17) is 21.4 Å². The van der Waals surface area contributed by atoms with Crippen molar-refractivity contribution in [2.45, 2.75) is 18.9 Å². The minimum Gasteiger partial charge on any atom is -0.480 e. The molecular weight excluding hydrogens is 300 g/mol. The molecule has 1 aromatic carbocycles. The molecule has 1 N–H and O–H groups in total. The number of aliphatic carboxylic acids is 1. The number of anilines is 1. The van der Waals surface area contributed by atoms with Crippen LogP contribution in [0.5, 0.6) is 0 Å². The molecular formula is C13H15ClN2O5. The van der Waals surface area contributed by atoms with Crippen molar-refractivity contribution >= 4 is 28.9 Å². The lowest BCUT2D eigenvalue weighted by Crippen LogP contribution is -2.38. The molecule has 0 spiro atoms. The quantitative estimate of drug-likeness (QED) is 0.662. The minimum atomic E-state index is -0.995. The third-order valence-corrected chi connectivity index (χ3v) is 3.59. The molecule has 0 bridgehead atoms. The van der Waals surface area contributed by atoms with Gasteiger partial charge in [0, 0.05) is 24.2 Å². The number of nitrogens with zero attached hydrogens (tertiary/aromatic N) is 2. The van der Waals surface area contributed by atoms with Gasteiger partial charge in [-0.15, -0.1) is 0 Å². The average molecular weight is 315 g/mol. The Morgan fingerprint density at radius 1 is 1.48 bits per heavy atom. The Bertz CT molecular complexity index is 543. The summed E-state index contributed by atoms with van der Waals surface area (Å²) in [5, 5.41) is 20.0. The zero-order chi connectivity index (χ0) is 15.4. The normalized spacial score (nSPS) is 16.0. The van der Waals surface area contributed by atoms with E-state index in [-0.39, 0.29) is 18.4 Å². The smallest absolute Gasteiger partial charge is 0.329 e. The zero-order valence-electron chi connectivity index (χ0n) is 11.2. The van der Waals surface area contributed by atoms with Gasteiger partial charge in [-0.3, -0.25) is 10.1 Å². The molecule has 1 aromatic rings. The van der Waals surface area contributed by atoms with Crippen molar-refractivity contribution in [2.75, 3.05) is 24.6 Å². The minimum absolute atomic E-state index is 0.0209. The van der Waals surface area contributed by atoms with Crippen LogP contribution in [-0.2, 0) is 9.53 Å². The van der Waals surface area contributed by atoms with Gasteiger partial charge in [-0.1, -0.05) is 11.6 Å². The van der Waals surface area contributed by atoms with Gasteiger partial charge in [0.05, 0.1) is 11.0 Å². The molecule has 114 valence electrons. The first kappa shape index (κ1) is 15.5. The predicted octanol–water partition coefficient (Wildman–Crippen LogP) is 2.32. The summed E-state index contributed by atoms with van der Waals surface area (Å²) in [4.78, 5) is 23.0. The van der Waals surface area contributed by atoms with Crippen molar-refractivity contribution in [1.82, 2.24) is 0 Å². The number of carbonyl (C=O) groups is 1. The molecule has 8 heteroatoms. The summed E-state index contributed by atoms with van der Waals surface area (Å²) < 4.78 is 5.24. The predicted molar refractivity (Wildman–Crippen MR) is 76.9 cm³/mol. The number of rotatable bonds is 5. The second-order valence-corrected chi connectivity index (χ2v) is 5.22. The van der Waals surface area contributed by atoms with Gasteiger partial charge in [0.1, 0.15) is 12.3 Å². The van der Waals surface area contributed by atoms with E-state index in [1.165, 1.54) is 6.07 Å². The van der Waals surface area contributed by atoms with Crippen molar-refractivity contribution in [3.8, 4) is 0 Å². The van der Waals surface area contributed by atoms with Crippen LogP contribution in [0, 0.1) is 10.1 Å².